The highest BCUT2D eigenvalue weighted by molar-refractivity contribution is 7.15. The number of carbonyl (C=O) groups is 1. The predicted molar refractivity (Wildman–Crippen MR) is 92.8 cm³/mol. The van der Waals surface area contributed by atoms with Gasteiger partial charge in [0.15, 0.2) is 0 Å². The molecule has 0 unspecified atom stereocenters. The maximum Gasteiger partial charge on any atom is 0.417 e. The lowest BCUT2D eigenvalue weighted by Crippen LogP contribution is -2.43. The minimum atomic E-state index is -4.50. The monoisotopic (exact) mass is 381 g/mol. The van der Waals surface area contributed by atoms with Crippen molar-refractivity contribution in [2.45, 2.75) is 25.6 Å². The maximum atomic E-state index is 13.4. The Kier molecular flexibility index (Phi) is 4.07. The highest BCUT2D eigenvalue weighted by Crippen LogP contribution is 2.50. The fraction of sp³-hybridized carbons (Fsp3) is 0.444. The van der Waals surface area contributed by atoms with Gasteiger partial charge in [0.2, 0.25) is 0 Å². The van der Waals surface area contributed by atoms with E-state index >= 15 is 0 Å². The summed E-state index contributed by atoms with van der Waals surface area (Å²) in [5.74, 6) is 0.580. The molecule has 1 aliphatic carbocycles. The Morgan fingerprint density at radius 3 is 2.81 bits per heavy atom. The van der Waals surface area contributed by atoms with Gasteiger partial charge < -0.3 is 10.6 Å². The molecule has 2 N–H and O–H groups in total. The normalized spacial score (nSPS) is 24.7. The number of fused-ring (bicyclic) bond motifs is 1. The highest BCUT2D eigenvalue weighted by Gasteiger charge is 2.53. The molecule has 2 heterocycles. The van der Waals surface area contributed by atoms with Crippen LogP contribution in [0.3, 0.4) is 0 Å². The summed E-state index contributed by atoms with van der Waals surface area (Å²) < 4.78 is 40.3. The molecule has 2 fully saturated rings. The number of halogens is 3. The number of aryl methyl sites for hydroxylation is 1. The van der Waals surface area contributed by atoms with E-state index < -0.39 is 11.7 Å². The molecule has 4 nitrogen and oxygen atoms in total. The first kappa shape index (κ1) is 17.5. The summed E-state index contributed by atoms with van der Waals surface area (Å²) in [6, 6.07) is 5.28. The van der Waals surface area contributed by atoms with Crippen molar-refractivity contribution in [3.63, 3.8) is 0 Å². The molecule has 3 atom stereocenters. The van der Waals surface area contributed by atoms with Crippen molar-refractivity contribution >= 4 is 17.2 Å². The number of nitrogens with two attached hydrogens (primary N) is 1. The van der Waals surface area contributed by atoms with Gasteiger partial charge in [-0.3, -0.25) is 4.79 Å². The molecule has 26 heavy (non-hydrogen) atoms. The number of rotatable bonds is 3. The summed E-state index contributed by atoms with van der Waals surface area (Å²) in [6.45, 7) is 2.68. The van der Waals surface area contributed by atoms with Gasteiger partial charge in [0.1, 0.15) is 5.69 Å². The summed E-state index contributed by atoms with van der Waals surface area (Å²) in [4.78, 5) is 19.3. The van der Waals surface area contributed by atoms with E-state index in [-0.39, 0.29) is 28.1 Å². The zero-order valence-corrected chi connectivity index (χ0v) is 14.9. The Bertz CT molecular complexity index is 864. The topological polar surface area (TPSA) is 59.2 Å². The molecule has 1 saturated carbocycles. The average Bonchev–Trinajstić information content (AvgIpc) is 3.10. The zero-order chi connectivity index (χ0) is 18.6. The van der Waals surface area contributed by atoms with E-state index in [0.29, 0.717) is 29.9 Å². The highest BCUT2D eigenvalue weighted by atomic mass is 32.1. The van der Waals surface area contributed by atoms with E-state index in [1.165, 1.54) is 12.1 Å². The smallest absolute Gasteiger partial charge is 0.332 e. The van der Waals surface area contributed by atoms with Gasteiger partial charge in [-0.2, -0.15) is 13.2 Å². The Hall–Kier alpha value is -1.93. The molecule has 1 aliphatic heterocycles. The van der Waals surface area contributed by atoms with Crippen molar-refractivity contribution in [3.8, 4) is 10.4 Å². The third kappa shape index (κ3) is 2.81. The number of alkyl halides is 3. The molecule has 2 aromatic rings. The molecule has 0 spiro atoms. The number of likely N-dealkylation sites (tertiary alicyclic amines) is 1. The Labute approximate surface area is 152 Å². The average molecular weight is 381 g/mol. The van der Waals surface area contributed by atoms with Crippen LogP contribution in [0.15, 0.2) is 24.3 Å². The SMILES string of the molecule is Cc1nc(C(=O)N2C[C@H]3C[C@H]3[C@H]2CN)c(-c2ccccc2C(F)(F)F)s1. The number of piperidine rings is 1. The van der Waals surface area contributed by atoms with Gasteiger partial charge in [0.05, 0.1) is 15.4 Å². The summed E-state index contributed by atoms with van der Waals surface area (Å²) in [7, 11) is 0. The third-order valence-corrected chi connectivity index (χ3v) is 6.22. The largest absolute Gasteiger partial charge is 0.417 e. The number of thiazole rings is 1. The van der Waals surface area contributed by atoms with Gasteiger partial charge in [-0.05, 0) is 31.2 Å². The molecule has 4 rings (SSSR count). The second-order valence-electron chi connectivity index (χ2n) is 6.87. The number of carbonyl (C=O) groups excluding carboxylic acids is 1. The second kappa shape index (κ2) is 6.06. The summed E-state index contributed by atoms with van der Waals surface area (Å²) in [6.07, 6.45) is -3.42. The molecular weight excluding hydrogens is 363 g/mol. The van der Waals surface area contributed by atoms with Crippen molar-refractivity contribution in [1.82, 2.24) is 9.88 Å². The fourth-order valence-corrected chi connectivity index (χ4v) is 4.88. The first-order chi connectivity index (χ1) is 12.3. The standard InChI is InChI=1S/C18H18F3N3OS/c1-9-23-15(17(25)24-8-10-6-12(10)14(24)7-22)16(26-9)11-4-2-3-5-13(11)18(19,20)21/h2-5,10,12,14H,6-8,22H2,1H3/t10-,12-,14-/m1/s1. The van der Waals surface area contributed by atoms with Crippen molar-refractivity contribution in [2.24, 2.45) is 17.6 Å². The van der Waals surface area contributed by atoms with Crippen molar-refractivity contribution in [3.05, 3.63) is 40.5 Å². The van der Waals surface area contributed by atoms with Crippen LogP contribution in [-0.2, 0) is 6.18 Å². The van der Waals surface area contributed by atoms with Crippen LogP contribution < -0.4 is 5.73 Å². The van der Waals surface area contributed by atoms with Crippen LogP contribution in [0.2, 0.25) is 0 Å². The van der Waals surface area contributed by atoms with Crippen molar-refractivity contribution in [2.75, 3.05) is 13.1 Å². The van der Waals surface area contributed by atoms with Gasteiger partial charge in [-0.25, -0.2) is 4.98 Å². The number of hydrogen-bond donors (Lipinski definition) is 1. The van der Waals surface area contributed by atoms with Crippen LogP contribution in [0.4, 0.5) is 13.2 Å². The molecule has 0 bridgehead atoms. The van der Waals surface area contributed by atoms with Crippen LogP contribution in [0, 0.1) is 18.8 Å². The maximum absolute atomic E-state index is 13.4. The molecule has 1 aromatic heterocycles. The van der Waals surface area contributed by atoms with E-state index in [4.69, 9.17) is 5.73 Å². The molecule has 138 valence electrons. The molecule has 8 heteroatoms. The molecule has 1 aromatic carbocycles. The van der Waals surface area contributed by atoms with Crippen LogP contribution in [0.5, 0.6) is 0 Å². The first-order valence-corrected chi connectivity index (χ1v) is 9.28. The first-order valence-electron chi connectivity index (χ1n) is 8.46. The minimum Gasteiger partial charge on any atom is -0.332 e. The van der Waals surface area contributed by atoms with E-state index in [1.54, 1.807) is 17.9 Å². The number of amides is 1. The van der Waals surface area contributed by atoms with Gasteiger partial charge in [-0.15, -0.1) is 11.3 Å². The summed E-state index contributed by atoms with van der Waals surface area (Å²) >= 11 is 1.12. The van der Waals surface area contributed by atoms with Gasteiger partial charge >= 0.3 is 6.18 Å². The Morgan fingerprint density at radius 1 is 1.38 bits per heavy atom. The molecule has 1 amide bonds. The lowest BCUT2D eigenvalue weighted by Gasteiger charge is -2.26. The second-order valence-corrected chi connectivity index (χ2v) is 8.08. The van der Waals surface area contributed by atoms with E-state index in [0.717, 1.165) is 23.8 Å². The van der Waals surface area contributed by atoms with Crippen LogP contribution in [-0.4, -0.2) is 34.9 Å². The fourth-order valence-electron chi connectivity index (χ4n) is 3.93. The number of hydrogen-bond acceptors (Lipinski definition) is 4. The van der Waals surface area contributed by atoms with Gasteiger partial charge in [0.25, 0.3) is 5.91 Å². The van der Waals surface area contributed by atoms with Crippen molar-refractivity contribution in [1.29, 1.82) is 0 Å². The van der Waals surface area contributed by atoms with Crippen LogP contribution >= 0.6 is 11.3 Å². The molecular formula is C18H18F3N3OS. The van der Waals surface area contributed by atoms with Crippen LogP contribution in [0.25, 0.3) is 10.4 Å². The lowest BCUT2D eigenvalue weighted by molar-refractivity contribution is -0.137. The van der Waals surface area contributed by atoms with Gasteiger partial charge in [-0.1, -0.05) is 18.2 Å². The van der Waals surface area contributed by atoms with Gasteiger partial charge in [0, 0.05) is 24.7 Å². The molecule has 1 saturated heterocycles. The Morgan fingerprint density at radius 2 is 2.12 bits per heavy atom. The zero-order valence-electron chi connectivity index (χ0n) is 14.1. The Balaban J connectivity index is 1.76. The van der Waals surface area contributed by atoms with E-state index in [2.05, 4.69) is 4.98 Å². The van der Waals surface area contributed by atoms with Crippen molar-refractivity contribution < 1.29 is 18.0 Å². The number of nitrogens with zero attached hydrogens (tertiary/aromatic N) is 2. The lowest BCUT2D eigenvalue weighted by atomic mass is 10.0. The third-order valence-electron chi connectivity index (χ3n) is 5.22. The van der Waals surface area contributed by atoms with E-state index in [1.807, 2.05) is 0 Å². The summed E-state index contributed by atoms with van der Waals surface area (Å²) in [5, 5.41) is 0.564. The summed E-state index contributed by atoms with van der Waals surface area (Å²) in [5.41, 5.74) is 5.18. The molecule has 2 aliphatic rings. The molecule has 0 radical (unpaired) electrons. The number of aromatic nitrogens is 1. The number of benzene rings is 1. The van der Waals surface area contributed by atoms with E-state index in [9.17, 15) is 18.0 Å². The predicted octanol–water partition coefficient (Wildman–Crippen LogP) is 3.56. The van der Waals surface area contributed by atoms with Crippen LogP contribution in [0.1, 0.15) is 27.5 Å². The minimum absolute atomic E-state index is 0.00241. The quantitative estimate of drug-likeness (QED) is 0.885.